The molecule has 0 amide bonds. The third kappa shape index (κ3) is 2.00. The van der Waals surface area contributed by atoms with Crippen molar-refractivity contribution in [2.24, 2.45) is 11.8 Å². The number of fused-ring (bicyclic) bond motifs is 3. The van der Waals surface area contributed by atoms with Crippen LogP contribution in [0.1, 0.15) is 47.5 Å². The van der Waals surface area contributed by atoms with E-state index in [0.29, 0.717) is 10.8 Å². The van der Waals surface area contributed by atoms with Gasteiger partial charge in [0, 0.05) is 9.79 Å². The van der Waals surface area contributed by atoms with Gasteiger partial charge in [0.05, 0.1) is 5.56 Å². The number of carbonyl (C=O) groups is 1. The second-order valence-electron chi connectivity index (χ2n) is 6.62. The summed E-state index contributed by atoms with van der Waals surface area (Å²) < 4.78 is 0. The third-order valence-electron chi connectivity index (χ3n) is 5.53. The summed E-state index contributed by atoms with van der Waals surface area (Å²) in [6, 6.07) is 7.80. The number of thiol groups is 2. The van der Waals surface area contributed by atoms with Gasteiger partial charge in [-0.25, -0.2) is 4.79 Å². The van der Waals surface area contributed by atoms with Crippen LogP contribution in [0.15, 0.2) is 34.1 Å². The first-order valence-electron chi connectivity index (χ1n) is 7.77. The van der Waals surface area contributed by atoms with Crippen molar-refractivity contribution in [1.29, 1.82) is 0 Å². The van der Waals surface area contributed by atoms with Crippen molar-refractivity contribution in [3.05, 3.63) is 35.4 Å². The molecule has 0 aromatic heterocycles. The lowest BCUT2D eigenvalue weighted by atomic mass is 9.80. The minimum Gasteiger partial charge on any atom is -0.478 e. The van der Waals surface area contributed by atoms with E-state index < -0.39 is 5.97 Å². The van der Waals surface area contributed by atoms with Crippen LogP contribution in [-0.2, 0) is 0 Å². The number of hydrogen-bond donors (Lipinski definition) is 3. The molecule has 2 fully saturated rings. The molecule has 2 bridgehead atoms. The molecule has 2 aromatic carbocycles. The average Bonchev–Trinajstić information content (AvgIpc) is 3.11. The molecule has 3 atom stereocenters. The fourth-order valence-electron chi connectivity index (χ4n) is 4.63. The second kappa shape index (κ2) is 5.20. The predicted octanol–water partition coefficient (Wildman–Crippen LogP) is 5.02. The Balaban J connectivity index is 2.01. The van der Waals surface area contributed by atoms with Gasteiger partial charge in [-0.2, -0.15) is 0 Å². The minimum absolute atomic E-state index is 0.274. The monoisotopic (exact) mass is 330 g/mol. The van der Waals surface area contributed by atoms with E-state index in [1.54, 1.807) is 0 Å². The van der Waals surface area contributed by atoms with E-state index in [1.165, 1.54) is 31.2 Å². The number of carboxylic acids is 1. The number of carboxylic acid groups (broad SMARTS) is 1. The molecule has 114 valence electrons. The molecule has 0 aliphatic heterocycles. The Kier molecular flexibility index (Phi) is 3.42. The molecule has 0 spiro atoms. The van der Waals surface area contributed by atoms with Gasteiger partial charge in [0.15, 0.2) is 0 Å². The van der Waals surface area contributed by atoms with E-state index in [9.17, 15) is 9.90 Å². The molecular formula is C18H18O2S2. The van der Waals surface area contributed by atoms with Crippen LogP contribution in [0, 0.1) is 11.8 Å². The van der Waals surface area contributed by atoms with Crippen LogP contribution >= 0.6 is 25.3 Å². The quantitative estimate of drug-likeness (QED) is 0.676. The lowest BCUT2D eigenvalue weighted by molar-refractivity contribution is 0.0695. The summed E-state index contributed by atoms with van der Waals surface area (Å²) in [7, 11) is 0. The van der Waals surface area contributed by atoms with Gasteiger partial charge >= 0.3 is 5.97 Å². The molecule has 0 radical (unpaired) electrons. The van der Waals surface area contributed by atoms with Crippen molar-refractivity contribution < 1.29 is 9.90 Å². The molecule has 1 N–H and O–H groups in total. The Morgan fingerprint density at radius 3 is 2.36 bits per heavy atom. The van der Waals surface area contributed by atoms with Crippen molar-refractivity contribution in [2.45, 2.75) is 41.4 Å². The highest BCUT2D eigenvalue weighted by atomic mass is 32.1. The van der Waals surface area contributed by atoms with Crippen molar-refractivity contribution in [3.8, 4) is 0 Å². The zero-order valence-corrected chi connectivity index (χ0v) is 13.9. The van der Waals surface area contributed by atoms with Crippen LogP contribution in [0.3, 0.4) is 0 Å². The van der Waals surface area contributed by atoms with E-state index in [4.69, 9.17) is 0 Å². The Bertz CT molecular complexity index is 784. The topological polar surface area (TPSA) is 37.3 Å². The molecule has 2 aliphatic carbocycles. The standard InChI is InChI=1S/C18H18O2S2/c19-18(20)15-12-4-2-1-3-11(12)14(16(21)17(15)22)13-8-9-5-6-10(13)7-9/h1-4,9-10,13,21-22H,5-8H2,(H,19,20). The lowest BCUT2D eigenvalue weighted by Gasteiger charge is -2.26. The molecule has 0 heterocycles. The molecule has 0 saturated heterocycles. The molecule has 2 aliphatic rings. The third-order valence-corrected chi connectivity index (χ3v) is 6.61. The summed E-state index contributed by atoms with van der Waals surface area (Å²) in [4.78, 5) is 12.9. The molecule has 2 aromatic rings. The van der Waals surface area contributed by atoms with Crippen LogP contribution in [0.5, 0.6) is 0 Å². The maximum Gasteiger partial charge on any atom is 0.337 e. The Morgan fingerprint density at radius 1 is 1.05 bits per heavy atom. The highest BCUT2D eigenvalue weighted by Gasteiger charge is 2.42. The SMILES string of the molecule is O=C(O)c1c(S)c(S)c(C2CC3CCC2C3)c2ccccc12. The highest BCUT2D eigenvalue weighted by Crippen LogP contribution is 2.55. The fourth-order valence-corrected chi connectivity index (χ4v) is 5.36. The lowest BCUT2D eigenvalue weighted by Crippen LogP contribution is -2.12. The molecule has 2 nitrogen and oxygen atoms in total. The summed E-state index contributed by atoms with van der Waals surface area (Å²) in [6.45, 7) is 0. The van der Waals surface area contributed by atoms with Crippen LogP contribution in [0.2, 0.25) is 0 Å². The number of rotatable bonds is 2. The molecular weight excluding hydrogens is 312 g/mol. The molecule has 4 heteroatoms. The Labute approximate surface area is 140 Å². The smallest absolute Gasteiger partial charge is 0.337 e. The van der Waals surface area contributed by atoms with Crippen molar-refractivity contribution in [2.75, 3.05) is 0 Å². The van der Waals surface area contributed by atoms with E-state index >= 15 is 0 Å². The Morgan fingerprint density at radius 2 is 1.77 bits per heavy atom. The number of hydrogen-bond acceptors (Lipinski definition) is 3. The van der Waals surface area contributed by atoms with E-state index in [1.807, 2.05) is 24.3 Å². The van der Waals surface area contributed by atoms with Crippen LogP contribution in [0.4, 0.5) is 0 Å². The number of benzene rings is 2. The van der Waals surface area contributed by atoms with E-state index in [2.05, 4.69) is 25.3 Å². The van der Waals surface area contributed by atoms with Crippen LogP contribution in [-0.4, -0.2) is 11.1 Å². The summed E-state index contributed by atoms with van der Waals surface area (Å²) in [5.74, 6) is 1.13. The maximum atomic E-state index is 11.7. The number of aromatic carboxylic acids is 1. The zero-order valence-electron chi connectivity index (χ0n) is 12.1. The predicted molar refractivity (Wildman–Crippen MR) is 93.6 cm³/mol. The van der Waals surface area contributed by atoms with Crippen molar-refractivity contribution in [1.82, 2.24) is 0 Å². The van der Waals surface area contributed by atoms with Crippen LogP contribution < -0.4 is 0 Å². The van der Waals surface area contributed by atoms with Gasteiger partial charge in [-0.1, -0.05) is 30.7 Å². The highest BCUT2D eigenvalue weighted by molar-refractivity contribution is 7.83. The zero-order chi connectivity index (χ0) is 15.4. The van der Waals surface area contributed by atoms with Gasteiger partial charge in [0.2, 0.25) is 0 Å². The van der Waals surface area contributed by atoms with Gasteiger partial charge in [-0.15, -0.1) is 25.3 Å². The van der Waals surface area contributed by atoms with E-state index in [0.717, 1.165) is 27.5 Å². The van der Waals surface area contributed by atoms with Gasteiger partial charge < -0.3 is 5.11 Å². The van der Waals surface area contributed by atoms with Gasteiger partial charge in [0.1, 0.15) is 0 Å². The summed E-state index contributed by atoms with van der Waals surface area (Å²) in [6.07, 6.45) is 5.16. The normalized spacial score (nSPS) is 26.7. The first-order valence-corrected chi connectivity index (χ1v) is 8.67. The van der Waals surface area contributed by atoms with Gasteiger partial charge in [0.25, 0.3) is 0 Å². The minimum atomic E-state index is -0.934. The van der Waals surface area contributed by atoms with Gasteiger partial charge in [-0.3, -0.25) is 0 Å². The van der Waals surface area contributed by atoms with E-state index in [-0.39, 0.29) is 5.56 Å². The average molecular weight is 330 g/mol. The summed E-state index contributed by atoms with van der Waals surface area (Å²) in [5.41, 5.74) is 1.50. The van der Waals surface area contributed by atoms with Gasteiger partial charge in [-0.05, 0) is 53.4 Å². The summed E-state index contributed by atoms with van der Waals surface area (Å²) >= 11 is 9.18. The van der Waals surface area contributed by atoms with Crippen molar-refractivity contribution >= 4 is 42.0 Å². The largest absolute Gasteiger partial charge is 0.478 e. The molecule has 2 saturated carbocycles. The molecule has 4 rings (SSSR count). The molecule has 3 unspecified atom stereocenters. The molecule has 22 heavy (non-hydrogen) atoms. The first kappa shape index (κ1) is 14.5. The first-order chi connectivity index (χ1) is 10.6. The Hall–Kier alpha value is -1.13. The van der Waals surface area contributed by atoms with Crippen LogP contribution in [0.25, 0.3) is 10.8 Å². The fraction of sp³-hybridized carbons (Fsp3) is 0.389. The second-order valence-corrected chi connectivity index (χ2v) is 7.51. The summed E-state index contributed by atoms with van der Waals surface area (Å²) in [5, 5.41) is 11.4. The van der Waals surface area contributed by atoms with Crippen molar-refractivity contribution in [3.63, 3.8) is 0 Å². The maximum absolute atomic E-state index is 11.7.